The molecule has 2 heterocycles. The van der Waals surface area contributed by atoms with Crippen LogP contribution in [0.3, 0.4) is 0 Å². The molecular weight excluding hydrogens is 246 g/mol. The highest BCUT2D eigenvalue weighted by molar-refractivity contribution is 5.56. The van der Waals surface area contributed by atoms with Gasteiger partial charge >= 0.3 is 0 Å². The van der Waals surface area contributed by atoms with E-state index >= 15 is 0 Å². The first kappa shape index (κ1) is 14.6. The third-order valence-electron chi connectivity index (χ3n) is 3.36. The third kappa shape index (κ3) is 3.86. The molecule has 0 saturated carbocycles. The van der Waals surface area contributed by atoms with Gasteiger partial charge in [-0.2, -0.15) is 0 Å². The van der Waals surface area contributed by atoms with Crippen molar-refractivity contribution in [3.8, 4) is 11.4 Å². The van der Waals surface area contributed by atoms with Gasteiger partial charge in [0, 0.05) is 12.4 Å². The van der Waals surface area contributed by atoms with E-state index in [1.54, 1.807) is 0 Å². The van der Waals surface area contributed by atoms with Crippen LogP contribution in [0.1, 0.15) is 50.9 Å². The number of hydrogen-bond acceptors (Lipinski definition) is 3. The van der Waals surface area contributed by atoms with Crippen molar-refractivity contribution in [2.45, 2.75) is 52.4 Å². The highest BCUT2D eigenvalue weighted by Crippen LogP contribution is 2.20. The van der Waals surface area contributed by atoms with Crippen LogP contribution in [-0.2, 0) is 12.8 Å². The average Bonchev–Trinajstić information content (AvgIpc) is 2.51. The molecule has 0 spiro atoms. The first-order valence-corrected chi connectivity index (χ1v) is 7.61. The molecular formula is C17H23N3. The summed E-state index contributed by atoms with van der Waals surface area (Å²) < 4.78 is 0. The molecule has 20 heavy (non-hydrogen) atoms. The van der Waals surface area contributed by atoms with Crippen LogP contribution in [0.4, 0.5) is 0 Å². The lowest BCUT2D eigenvalue weighted by Crippen LogP contribution is -2.03. The van der Waals surface area contributed by atoms with Gasteiger partial charge in [-0.25, -0.2) is 0 Å². The Hall–Kier alpha value is -1.77. The Bertz CT molecular complexity index is 523. The van der Waals surface area contributed by atoms with Gasteiger partial charge in [0.1, 0.15) is 5.69 Å². The maximum atomic E-state index is 4.82. The van der Waals surface area contributed by atoms with Crippen molar-refractivity contribution in [3.63, 3.8) is 0 Å². The number of aryl methyl sites for hydroxylation is 2. The minimum absolute atomic E-state index is 0.924. The van der Waals surface area contributed by atoms with E-state index in [0.717, 1.165) is 42.0 Å². The van der Waals surface area contributed by atoms with E-state index in [0.29, 0.717) is 0 Å². The highest BCUT2D eigenvalue weighted by Gasteiger charge is 2.10. The Morgan fingerprint density at radius 2 is 1.75 bits per heavy atom. The van der Waals surface area contributed by atoms with Gasteiger partial charge in [-0.05, 0) is 37.8 Å². The summed E-state index contributed by atoms with van der Waals surface area (Å²) in [6, 6.07) is 5.93. The van der Waals surface area contributed by atoms with Crippen molar-refractivity contribution in [1.82, 2.24) is 15.0 Å². The standard InChI is InChI=1S/C17H23N3/c1-3-5-9-14-13-19-17(15-11-7-8-12-18-15)16(20-14)10-6-4-2/h7-8,11-13H,3-6,9-10H2,1-2H3. The van der Waals surface area contributed by atoms with Gasteiger partial charge in [0.05, 0.1) is 17.1 Å². The van der Waals surface area contributed by atoms with E-state index in [9.17, 15) is 0 Å². The number of pyridine rings is 1. The monoisotopic (exact) mass is 269 g/mol. The highest BCUT2D eigenvalue weighted by atomic mass is 14.8. The fourth-order valence-electron chi connectivity index (χ4n) is 2.18. The van der Waals surface area contributed by atoms with Crippen molar-refractivity contribution in [1.29, 1.82) is 0 Å². The summed E-state index contributed by atoms with van der Waals surface area (Å²) in [5.74, 6) is 0. The molecule has 0 unspecified atom stereocenters. The van der Waals surface area contributed by atoms with E-state index in [-0.39, 0.29) is 0 Å². The summed E-state index contributed by atoms with van der Waals surface area (Å²) >= 11 is 0. The van der Waals surface area contributed by atoms with Crippen LogP contribution >= 0.6 is 0 Å². The van der Waals surface area contributed by atoms with Crippen molar-refractivity contribution < 1.29 is 0 Å². The molecule has 0 fully saturated rings. The lowest BCUT2D eigenvalue weighted by molar-refractivity contribution is 0.739. The molecule has 0 bridgehead atoms. The van der Waals surface area contributed by atoms with Gasteiger partial charge in [-0.15, -0.1) is 0 Å². The molecule has 0 amide bonds. The Morgan fingerprint density at radius 1 is 0.950 bits per heavy atom. The van der Waals surface area contributed by atoms with Gasteiger partial charge in [-0.1, -0.05) is 32.8 Å². The molecule has 3 nitrogen and oxygen atoms in total. The summed E-state index contributed by atoms with van der Waals surface area (Å²) in [6.45, 7) is 4.41. The Kier molecular flexibility index (Phi) is 5.66. The second-order valence-corrected chi connectivity index (χ2v) is 5.08. The SMILES string of the molecule is CCCCc1cnc(-c2ccccn2)c(CCCC)n1. The molecule has 0 N–H and O–H groups in total. The van der Waals surface area contributed by atoms with Crippen molar-refractivity contribution in [2.24, 2.45) is 0 Å². The van der Waals surface area contributed by atoms with Gasteiger partial charge in [0.25, 0.3) is 0 Å². The van der Waals surface area contributed by atoms with E-state index in [1.165, 1.54) is 19.3 Å². The zero-order valence-corrected chi connectivity index (χ0v) is 12.5. The molecule has 2 aromatic rings. The topological polar surface area (TPSA) is 38.7 Å². The predicted octanol–water partition coefficient (Wildman–Crippen LogP) is 4.22. The minimum Gasteiger partial charge on any atom is -0.255 e. The van der Waals surface area contributed by atoms with Gasteiger partial charge in [0.15, 0.2) is 0 Å². The first-order chi connectivity index (χ1) is 9.85. The van der Waals surface area contributed by atoms with Crippen molar-refractivity contribution >= 4 is 0 Å². The normalized spacial score (nSPS) is 10.7. The van der Waals surface area contributed by atoms with E-state index in [2.05, 4.69) is 23.8 Å². The molecule has 0 aromatic carbocycles. The first-order valence-electron chi connectivity index (χ1n) is 7.61. The quantitative estimate of drug-likeness (QED) is 0.755. The molecule has 2 rings (SSSR count). The predicted molar refractivity (Wildman–Crippen MR) is 82.5 cm³/mol. The molecule has 0 atom stereocenters. The number of rotatable bonds is 7. The number of aromatic nitrogens is 3. The van der Waals surface area contributed by atoms with Crippen molar-refractivity contribution in [3.05, 3.63) is 42.0 Å². The summed E-state index contributed by atoms with van der Waals surface area (Å²) in [7, 11) is 0. The Balaban J connectivity index is 2.30. The lowest BCUT2D eigenvalue weighted by Gasteiger charge is -2.09. The van der Waals surface area contributed by atoms with Crippen LogP contribution < -0.4 is 0 Å². The average molecular weight is 269 g/mol. The molecule has 0 aliphatic heterocycles. The number of hydrogen-bond donors (Lipinski definition) is 0. The Labute approximate surface area is 121 Å². The van der Waals surface area contributed by atoms with Crippen LogP contribution in [0.2, 0.25) is 0 Å². The van der Waals surface area contributed by atoms with E-state index in [4.69, 9.17) is 4.98 Å². The zero-order chi connectivity index (χ0) is 14.2. The summed E-state index contributed by atoms with van der Waals surface area (Å²) in [4.78, 5) is 13.9. The fourth-order valence-corrected chi connectivity index (χ4v) is 2.18. The minimum atomic E-state index is 0.924. The second kappa shape index (κ2) is 7.73. The molecule has 0 radical (unpaired) electrons. The largest absolute Gasteiger partial charge is 0.255 e. The van der Waals surface area contributed by atoms with Crippen molar-refractivity contribution in [2.75, 3.05) is 0 Å². The van der Waals surface area contributed by atoms with Gasteiger partial charge in [0.2, 0.25) is 0 Å². The lowest BCUT2D eigenvalue weighted by atomic mass is 10.1. The number of nitrogens with zero attached hydrogens (tertiary/aromatic N) is 3. The van der Waals surface area contributed by atoms with Crippen LogP contribution in [0.15, 0.2) is 30.6 Å². The maximum Gasteiger partial charge on any atom is 0.110 e. The molecule has 0 aliphatic rings. The van der Waals surface area contributed by atoms with Crippen LogP contribution in [0.5, 0.6) is 0 Å². The summed E-state index contributed by atoms with van der Waals surface area (Å²) in [6.07, 6.45) is 10.4. The van der Waals surface area contributed by atoms with E-state index in [1.807, 2.05) is 30.6 Å². The zero-order valence-electron chi connectivity index (χ0n) is 12.5. The number of unbranched alkanes of at least 4 members (excludes halogenated alkanes) is 2. The summed E-state index contributed by atoms with van der Waals surface area (Å²) in [5.41, 5.74) is 4.07. The Morgan fingerprint density at radius 3 is 2.45 bits per heavy atom. The van der Waals surface area contributed by atoms with Crippen LogP contribution in [-0.4, -0.2) is 15.0 Å². The third-order valence-corrected chi connectivity index (χ3v) is 3.36. The molecule has 2 aromatic heterocycles. The van der Waals surface area contributed by atoms with E-state index < -0.39 is 0 Å². The van der Waals surface area contributed by atoms with Gasteiger partial charge in [-0.3, -0.25) is 15.0 Å². The second-order valence-electron chi connectivity index (χ2n) is 5.08. The molecule has 3 heteroatoms. The fraction of sp³-hybridized carbons (Fsp3) is 0.471. The smallest absolute Gasteiger partial charge is 0.110 e. The molecule has 106 valence electrons. The van der Waals surface area contributed by atoms with Crippen LogP contribution in [0, 0.1) is 0 Å². The maximum absolute atomic E-state index is 4.82. The molecule has 0 aliphatic carbocycles. The van der Waals surface area contributed by atoms with Gasteiger partial charge < -0.3 is 0 Å². The summed E-state index contributed by atoms with van der Waals surface area (Å²) in [5, 5.41) is 0. The molecule has 0 saturated heterocycles. The van der Waals surface area contributed by atoms with Crippen LogP contribution in [0.25, 0.3) is 11.4 Å².